The molecule has 1 aromatic rings. The molecule has 1 aromatic heterocycles. The van der Waals surface area contributed by atoms with E-state index in [1.165, 1.54) is 5.57 Å². The minimum absolute atomic E-state index is 0.348. The second kappa shape index (κ2) is 6.18. The van der Waals surface area contributed by atoms with Gasteiger partial charge in [-0.2, -0.15) is 0 Å². The molecule has 0 amide bonds. The number of rotatable bonds is 5. The quantitative estimate of drug-likeness (QED) is 0.520. The summed E-state index contributed by atoms with van der Waals surface area (Å²) in [6, 6.07) is 3.96. The normalized spacial score (nSPS) is 14.1. The van der Waals surface area contributed by atoms with Crippen LogP contribution in [0.2, 0.25) is 0 Å². The van der Waals surface area contributed by atoms with E-state index < -0.39 is 0 Å². The van der Waals surface area contributed by atoms with Gasteiger partial charge in [0.15, 0.2) is 0 Å². The van der Waals surface area contributed by atoms with E-state index in [4.69, 9.17) is 4.42 Å². The topological polar surface area (TPSA) is 13.1 Å². The Bertz CT molecular complexity index is 350. The maximum Gasteiger partial charge on any atom is 0.102 e. The maximum atomic E-state index is 5.45. The summed E-state index contributed by atoms with van der Waals surface area (Å²) in [7, 11) is 3.20. The maximum absolute atomic E-state index is 5.45. The van der Waals surface area contributed by atoms with Crippen molar-refractivity contribution in [2.24, 2.45) is 0 Å². The number of furan rings is 1. The van der Waals surface area contributed by atoms with Gasteiger partial charge in [-0.15, -0.1) is 0 Å². The Labute approximate surface area is 93.2 Å². The molecular weight excluding hydrogens is 182 g/mol. The van der Waals surface area contributed by atoms with Crippen LogP contribution in [0.5, 0.6) is 0 Å². The monoisotopic (exact) mass is 198 g/mol. The van der Waals surface area contributed by atoms with Gasteiger partial charge in [-0.1, -0.05) is 36.5 Å². The molecule has 0 radical (unpaired) electrons. The lowest BCUT2D eigenvalue weighted by Gasteiger charge is -2.12. The Balaban J connectivity index is 2.90. The first-order valence-corrected chi connectivity index (χ1v) is 5.32. The van der Waals surface area contributed by atoms with Crippen LogP contribution in [-0.2, 0) is 0 Å². The van der Waals surface area contributed by atoms with Crippen LogP contribution in [-0.4, -0.2) is 14.9 Å². The molecule has 3 heteroatoms. The van der Waals surface area contributed by atoms with Gasteiger partial charge >= 0.3 is 0 Å². The number of hydrogen-bond acceptors (Lipinski definition) is 1. The van der Waals surface area contributed by atoms with E-state index in [1.54, 1.807) is 12.3 Å². The zero-order valence-corrected chi connectivity index (χ0v) is 9.44. The fraction of sp³-hybridized carbons (Fsp3) is 0.167. The molecule has 1 heterocycles. The van der Waals surface area contributed by atoms with Crippen molar-refractivity contribution in [3.8, 4) is 0 Å². The molecule has 0 saturated carbocycles. The Hall–Kier alpha value is -1.37. The summed E-state index contributed by atoms with van der Waals surface area (Å²) in [5, 5.41) is 0. The molecule has 0 aliphatic heterocycles. The van der Waals surface area contributed by atoms with Crippen LogP contribution in [0.25, 0.3) is 0 Å². The van der Waals surface area contributed by atoms with Gasteiger partial charge < -0.3 is 4.42 Å². The third-order valence-electron chi connectivity index (χ3n) is 2.46. The van der Waals surface area contributed by atoms with Crippen molar-refractivity contribution in [1.82, 2.24) is 0 Å². The highest BCUT2D eigenvalue weighted by Gasteiger charge is 2.14. The average molecular weight is 198 g/mol. The average Bonchev–Trinajstić information content (AvgIpc) is 2.77. The van der Waals surface area contributed by atoms with Gasteiger partial charge in [0.1, 0.15) is 12.9 Å². The van der Waals surface area contributed by atoms with Gasteiger partial charge in [0.05, 0.1) is 14.0 Å². The van der Waals surface area contributed by atoms with Gasteiger partial charge in [-0.3, -0.25) is 0 Å². The Morgan fingerprint density at radius 1 is 1.67 bits per heavy atom. The van der Waals surface area contributed by atoms with E-state index >= 15 is 0 Å². The molecule has 0 aliphatic carbocycles. The highest BCUT2D eigenvalue weighted by molar-refractivity contribution is 6.90. The predicted octanol–water partition coefficient (Wildman–Crippen LogP) is 1.99. The summed E-state index contributed by atoms with van der Waals surface area (Å²) in [4.78, 5) is 0. The van der Waals surface area contributed by atoms with Crippen LogP contribution in [0.3, 0.4) is 0 Å². The van der Waals surface area contributed by atoms with Gasteiger partial charge in [0.25, 0.3) is 0 Å². The number of allylic oxidation sites excluding steroid dienone is 5. The first-order chi connectivity index (χ1) is 7.33. The third-order valence-corrected chi connectivity index (χ3v) is 2.46. The van der Waals surface area contributed by atoms with Crippen molar-refractivity contribution in [2.75, 3.05) is 0 Å². The van der Waals surface area contributed by atoms with Crippen molar-refractivity contribution in [1.29, 1.82) is 0 Å². The lowest BCUT2D eigenvalue weighted by atomic mass is 9.45. The molecule has 0 aliphatic rings. The molecule has 1 atom stereocenters. The van der Waals surface area contributed by atoms with E-state index in [9.17, 15) is 0 Å². The second-order valence-electron chi connectivity index (χ2n) is 3.36. The summed E-state index contributed by atoms with van der Waals surface area (Å²) in [5.41, 5.74) is 1.27. The Morgan fingerprint density at radius 3 is 2.93 bits per heavy atom. The van der Waals surface area contributed by atoms with Crippen molar-refractivity contribution in [3.63, 3.8) is 0 Å². The van der Waals surface area contributed by atoms with Crippen LogP contribution < -0.4 is 0 Å². The lowest BCUT2D eigenvalue weighted by molar-refractivity contribution is 0.515. The third kappa shape index (κ3) is 3.05. The number of hydrogen-bond donors (Lipinski definition) is 0. The lowest BCUT2D eigenvalue weighted by Crippen LogP contribution is -2.09. The smallest absolute Gasteiger partial charge is 0.102 e. The van der Waals surface area contributed by atoms with E-state index in [0.717, 1.165) is 12.9 Å². The zero-order chi connectivity index (χ0) is 11.1. The largest absolute Gasteiger partial charge is 0.470 e. The summed E-state index contributed by atoms with van der Waals surface area (Å²) in [6.45, 7) is 5.73. The summed E-state index contributed by atoms with van der Waals surface area (Å²) < 4.78 is 5.45. The molecular formula is C12H16B2O. The van der Waals surface area contributed by atoms with E-state index in [1.807, 2.05) is 25.1 Å². The fourth-order valence-corrected chi connectivity index (χ4v) is 1.68. The van der Waals surface area contributed by atoms with Gasteiger partial charge in [-0.05, 0) is 19.1 Å². The molecule has 76 valence electrons. The highest BCUT2D eigenvalue weighted by Crippen LogP contribution is 2.24. The van der Waals surface area contributed by atoms with Crippen LogP contribution in [0, 0.1) is 0 Å². The van der Waals surface area contributed by atoms with Gasteiger partial charge in [-0.25, -0.2) is 0 Å². The molecule has 0 fully saturated rings. The molecule has 1 unspecified atom stereocenters. The molecule has 15 heavy (non-hydrogen) atoms. The summed E-state index contributed by atoms with van der Waals surface area (Å²) in [5.74, 6) is 1.38. The minimum atomic E-state index is 0.348. The van der Waals surface area contributed by atoms with E-state index in [2.05, 4.69) is 26.5 Å². The van der Waals surface area contributed by atoms with Crippen molar-refractivity contribution >= 4 is 14.9 Å². The summed E-state index contributed by atoms with van der Waals surface area (Å²) >= 11 is 0. The minimum Gasteiger partial charge on any atom is -0.470 e. The standard InChI is InChI=1S/C12H16B2O/c1-3-5-7-10(4-2)12(14-13)11-8-6-9-15-11/h3-9,12,14H,1,13H2,2H3/b7-5-,10-4+. The molecule has 0 saturated heterocycles. The molecule has 1 nitrogen and oxygen atoms in total. The molecule has 0 aromatic carbocycles. The first-order valence-electron chi connectivity index (χ1n) is 5.32. The Morgan fingerprint density at radius 2 is 2.47 bits per heavy atom. The van der Waals surface area contributed by atoms with Crippen molar-refractivity contribution in [3.05, 3.63) is 60.6 Å². The molecule has 0 bridgehead atoms. The zero-order valence-electron chi connectivity index (χ0n) is 9.44. The Kier molecular flexibility index (Phi) is 4.82. The molecule has 0 N–H and O–H groups in total. The SMILES string of the molecule is BBC(C(/C=C\C=C)=C/C)c1ccco1. The van der Waals surface area contributed by atoms with Crippen LogP contribution in [0.1, 0.15) is 18.5 Å². The van der Waals surface area contributed by atoms with Crippen molar-refractivity contribution in [2.45, 2.75) is 12.7 Å². The van der Waals surface area contributed by atoms with Gasteiger partial charge in [0.2, 0.25) is 0 Å². The van der Waals surface area contributed by atoms with Crippen molar-refractivity contribution < 1.29 is 4.42 Å². The van der Waals surface area contributed by atoms with E-state index in [-0.39, 0.29) is 0 Å². The molecule has 1 rings (SSSR count). The highest BCUT2D eigenvalue weighted by atomic mass is 16.3. The predicted molar refractivity (Wildman–Crippen MR) is 70.2 cm³/mol. The van der Waals surface area contributed by atoms with E-state index in [0.29, 0.717) is 5.82 Å². The van der Waals surface area contributed by atoms with Crippen LogP contribution in [0.4, 0.5) is 0 Å². The van der Waals surface area contributed by atoms with Crippen LogP contribution >= 0.6 is 0 Å². The fourth-order valence-electron chi connectivity index (χ4n) is 1.68. The first kappa shape index (κ1) is 11.7. The van der Waals surface area contributed by atoms with Gasteiger partial charge in [0, 0.05) is 5.82 Å². The second-order valence-corrected chi connectivity index (χ2v) is 3.36. The van der Waals surface area contributed by atoms with Crippen LogP contribution in [0.15, 0.2) is 59.3 Å². The summed E-state index contributed by atoms with van der Waals surface area (Å²) in [6.07, 6.45) is 9.68. The molecule has 0 spiro atoms.